The van der Waals surface area contributed by atoms with Crippen LogP contribution < -0.4 is 11.1 Å². The van der Waals surface area contributed by atoms with Crippen LogP contribution in [0.2, 0.25) is 0 Å². The van der Waals surface area contributed by atoms with Crippen molar-refractivity contribution in [2.24, 2.45) is 16.0 Å². The summed E-state index contributed by atoms with van der Waals surface area (Å²) in [5, 5.41) is 6.99. The fourth-order valence-electron chi connectivity index (χ4n) is 3.60. The fraction of sp³-hybridized carbons (Fsp3) is 0.500. The molecule has 0 saturated carbocycles. The van der Waals surface area contributed by atoms with Crippen molar-refractivity contribution in [1.82, 2.24) is 15.2 Å². The molecule has 2 unspecified atom stereocenters. The van der Waals surface area contributed by atoms with Crippen LogP contribution >= 0.6 is 23.1 Å². The van der Waals surface area contributed by atoms with Crippen molar-refractivity contribution in [2.45, 2.75) is 59.2 Å². The lowest BCUT2D eigenvalue weighted by Gasteiger charge is -2.49. The number of carbonyl (C=O) groups is 6. The number of hydrogen-bond acceptors (Lipinski definition) is 16. The maximum absolute atomic E-state index is 13.5. The summed E-state index contributed by atoms with van der Waals surface area (Å²) in [5.41, 5.74) is 3.64. The normalized spacial score (nSPS) is 18.8. The fourth-order valence-corrected chi connectivity index (χ4v) is 5.49. The van der Waals surface area contributed by atoms with E-state index in [9.17, 15) is 28.8 Å². The number of fused-ring (bicyclic) bond motifs is 1. The van der Waals surface area contributed by atoms with Gasteiger partial charge in [-0.1, -0.05) is 17.8 Å². The monoisotopic (exact) mass is 681 g/mol. The standard InChI is InChI=1S/C28H35N5O11S2/c1-9-13-10-45-20-16(19(35)33(20)17(13)21(36)41-12-42-24(38)27(2,3)4)31-18(34)15(14-11-46-26(29)30-14)32-44-23(22(37)40-8)43-25(39)28(5,6)7/h9,11,16,20,23H,1,10,12H2,2-8H3,(H2,29,30)(H,31,34)/t16?,20-,23?/m0/s1. The summed E-state index contributed by atoms with van der Waals surface area (Å²) >= 11 is 2.22. The minimum absolute atomic E-state index is 0.0615. The average Bonchev–Trinajstić information content (AvgIpc) is 3.42. The largest absolute Gasteiger partial charge is 0.463 e. The third kappa shape index (κ3) is 8.22. The molecule has 1 aromatic rings. The number of oxime groups is 1. The molecule has 1 saturated heterocycles. The maximum atomic E-state index is 13.5. The lowest BCUT2D eigenvalue weighted by molar-refractivity contribution is -0.204. The maximum Gasteiger partial charge on any atom is 0.391 e. The number of rotatable bonds is 11. The van der Waals surface area contributed by atoms with E-state index in [1.807, 2.05) is 0 Å². The number of ether oxygens (including phenoxy) is 4. The van der Waals surface area contributed by atoms with Crippen LogP contribution in [-0.2, 0) is 52.6 Å². The molecule has 250 valence electrons. The van der Waals surface area contributed by atoms with Gasteiger partial charge in [0.2, 0.25) is 6.79 Å². The van der Waals surface area contributed by atoms with Crippen molar-refractivity contribution in [1.29, 1.82) is 0 Å². The third-order valence-corrected chi connectivity index (χ3v) is 8.13. The number of amides is 2. The number of nitrogen functional groups attached to an aromatic ring is 1. The second-order valence-corrected chi connectivity index (χ2v) is 13.8. The van der Waals surface area contributed by atoms with Gasteiger partial charge >= 0.3 is 30.2 Å². The van der Waals surface area contributed by atoms with E-state index >= 15 is 0 Å². The van der Waals surface area contributed by atoms with Gasteiger partial charge in [-0.2, -0.15) is 0 Å². The van der Waals surface area contributed by atoms with E-state index in [4.69, 9.17) is 24.8 Å². The molecule has 3 N–H and O–H groups in total. The number of carbonyl (C=O) groups excluding carboxylic acids is 6. The van der Waals surface area contributed by atoms with Crippen molar-refractivity contribution in [2.75, 3.05) is 25.4 Å². The van der Waals surface area contributed by atoms with Crippen LogP contribution in [0.4, 0.5) is 5.13 Å². The van der Waals surface area contributed by atoms with Crippen LogP contribution in [-0.4, -0.2) is 88.6 Å². The summed E-state index contributed by atoms with van der Waals surface area (Å²) in [6, 6.07) is -1.14. The van der Waals surface area contributed by atoms with Gasteiger partial charge in [-0.25, -0.2) is 14.6 Å². The molecular formula is C28H35N5O11S2. The number of methoxy groups -OCH3 is 1. The van der Waals surface area contributed by atoms with Crippen molar-refractivity contribution < 1.29 is 52.6 Å². The molecule has 0 aromatic carbocycles. The van der Waals surface area contributed by atoms with Gasteiger partial charge in [0.05, 0.1) is 17.9 Å². The molecule has 2 amide bonds. The molecule has 18 heteroatoms. The summed E-state index contributed by atoms with van der Waals surface area (Å²) in [6.07, 6.45) is -0.567. The van der Waals surface area contributed by atoms with Crippen LogP contribution in [0.1, 0.15) is 47.2 Å². The summed E-state index contributed by atoms with van der Waals surface area (Å²) in [7, 11) is 1.03. The van der Waals surface area contributed by atoms with E-state index in [2.05, 4.69) is 26.8 Å². The van der Waals surface area contributed by atoms with Crippen LogP contribution in [0.3, 0.4) is 0 Å². The Bertz CT molecular complexity index is 1490. The SMILES string of the molecule is C=CC1=C(C(=O)OCOC(=O)C(C)(C)C)N2C(=O)C(NC(=O)C(=NOC(OC(=O)C(C)(C)C)C(=O)OC)c3csc(N)n3)[C@@H]2SC1. The van der Waals surface area contributed by atoms with Gasteiger partial charge in [0.25, 0.3) is 11.8 Å². The van der Waals surface area contributed by atoms with Crippen molar-refractivity contribution >= 4 is 69.6 Å². The van der Waals surface area contributed by atoms with Crippen LogP contribution in [0.25, 0.3) is 0 Å². The Morgan fingerprint density at radius 2 is 1.80 bits per heavy atom. The first-order valence-electron chi connectivity index (χ1n) is 13.6. The van der Waals surface area contributed by atoms with E-state index in [0.29, 0.717) is 5.57 Å². The molecule has 1 fully saturated rings. The number of anilines is 1. The zero-order valence-electron chi connectivity index (χ0n) is 26.2. The molecule has 1 aromatic heterocycles. The number of β-lactam (4-membered cyclic amide) rings is 1. The molecular weight excluding hydrogens is 646 g/mol. The Balaban J connectivity index is 1.80. The zero-order valence-corrected chi connectivity index (χ0v) is 27.9. The van der Waals surface area contributed by atoms with Gasteiger partial charge in [0.1, 0.15) is 22.8 Å². The lowest BCUT2D eigenvalue weighted by atomic mass is 9.97. The number of nitrogens with one attached hydrogen (secondary N) is 1. The molecule has 3 rings (SSSR count). The molecule has 0 aliphatic carbocycles. The zero-order chi connectivity index (χ0) is 34.6. The molecule has 16 nitrogen and oxygen atoms in total. The molecule has 3 atom stereocenters. The minimum Gasteiger partial charge on any atom is -0.463 e. The highest BCUT2D eigenvalue weighted by atomic mass is 32.2. The predicted octanol–water partition coefficient (Wildman–Crippen LogP) is 1.46. The summed E-state index contributed by atoms with van der Waals surface area (Å²) in [5.74, 6) is -4.81. The van der Waals surface area contributed by atoms with Crippen LogP contribution in [0, 0.1) is 10.8 Å². The molecule has 3 heterocycles. The van der Waals surface area contributed by atoms with E-state index in [0.717, 1.165) is 23.3 Å². The molecule has 46 heavy (non-hydrogen) atoms. The van der Waals surface area contributed by atoms with Crippen molar-refractivity contribution in [3.63, 3.8) is 0 Å². The van der Waals surface area contributed by atoms with E-state index in [1.165, 1.54) is 23.2 Å². The summed E-state index contributed by atoms with van der Waals surface area (Å²) in [6.45, 7) is 12.6. The topological polar surface area (TPSA) is 215 Å². The highest BCUT2D eigenvalue weighted by Gasteiger charge is 2.54. The number of allylic oxidation sites excluding steroid dienone is 1. The first-order chi connectivity index (χ1) is 21.4. The summed E-state index contributed by atoms with van der Waals surface area (Å²) < 4.78 is 19.8. The van der Waals surface area contributed by atoms with Crippen molar-refractivity contribution in [3.8, 4) is 0 Å². The Kier molecular flexibility index (Phi) is 11.2. The van der Waals surface area contributed by atoms with Crippen LogP contribution in [0.15, 0.2) is 34.5 Å². The first-order valence-corrected chi connectivity index (χ1v) is 15.5. The highest BCUT2D eigenvalue weighted by molar-refractivity contribution is 8.00. The van der Waals surface area contributed by atoms with Gasteiger partial charge in [0.15, 0.2) is 10.8 Å². The Hall–Kier alpha value is -4.45. The lowest BCUT2D eigenvalue weighted by Crippen LogP contribution is -2.71. The number of nitrogens with zero attached hydrogens (tertiary/aromatic N) is 3. The molecule has 0 bridgehead atoms. The number of thioether (sulfide) groups is 1. The molecule has 2 aliphatic heterocycles. The average molecular weight is 682 g/mol. The first kappa shape index (κ1) is 36.0. The predicted molar refractivity (Wildman–Crippen MR) is 164 cm³/mol. The van der Waals surface area contributed by atoms with Gasteiger partial charge in [-0.3, -0.25) is 24.1 Å². The highest BCUT2D eigenvalue weighted by Crippen LogP contribution is 2.41. The van der Waals surface area contributed by atoms with Gasteiger partial charge < -0.3 is 34.8 Å². The smallest absolute Gasteiger partial charge is 0.391 e. The minimum atomic E-state index is -1.97. The number of hydrogen-bond donors (Lipinski definition) is 2. The second-order valence-electron chi connectivity index (χ2n) is 11.8. The van der Waals surface area contributed by atoms with Gasteiger partial charge in [-0.05, 0) is 47.1 Å². The Morgan fingerprint density at radius 1 is 1.15 bits per heavy atom. The molecule has 2 aliphatic rings. The number of nitrogens with two attached hydrogens (primary N) is 1. The van der Waals surface area contributed by atoms with E-state index in [1.54, 1.807) is 41.5 Å². The van der Waals surface area contributed by atoms with Crippen molar-refractivity contribution in [3.05, 3.63) is 35.0 Å². The Morgan fingerprint density at radius 3 is 2.35 bits per heavy atom. The third-order valence-electron chi connectivity index (χ3n) is 6.16. The molecule has 0 radical (unpaired) electrons. The summed E-state index contributed by atoms with van der Waals surface area (Å²) in [4.78, 5) is 86.7. The van der Waals surface area contributed by atoms with E-state index in [-0.39, 0.29) is 22.3 Å². The number of aromatic nitrogens is 1. The van der Waals surface area contributed by atoms with Gasteiger partial charge in [-0.15, -0.1) is 23.1 Å². The number of thiazole rings is 1. The second kappa shape index (κ2) is 14.3. The van der Waals surface area contributed by atoms with E-state index < -0.39 is 76.7 Å². The number of esters is 4. The Labute approximate surface area is 272 Å². The molecule has 0 spiro atoms. The van der Waals surface area contributed by atoms with Gasteiger partial charge in [0, 0.05) is 11.1 Å². The quantitative estimate of drug-likeness (QED) is 0.0845. The van der Waals surface area contributed by atoms with Crippen LogP contribution in [0.5, 0.6) is 0 Å².